The fourth-order valence-corrected chi connectivity index (χ4v) is 1.79. The minimum Gasteiger partial charge on any atom is -0.372 e. The Bertz CT molecular complexity index is 260. The summed E-state index contributed by atoms with van der Waals surface area (Å²) in [6.45, 7) is 7.73. The largest absolute Gasteiger partial charge is 0.372 e. The van der Waals surface area contributed by atoms with E-state index >= 15 is 0 Å². The highest BCUT2D eigenvalue weighted by molar-refractivity contribution is 5.46. The molecule has 1 aliphatic heterocycles. The molecule has 15 heavy (non-hydrogen) atoms. The van der Waals surface area contributed by atoms with Crippen molar-refractivity contribution in [3.8, 4) is 0 Å². The van der Waals surface area contributed by atoms with Crippen LogP contribution in [0.25, 0.3) is 0 Å². The Morgan fingerprint density at radius 3 is 2.13 bits per heavy atom. The molecule has 0 unspecified atom stereocenters. The van der Waals surface area contributed by atoms with E-state index in [9.17, 15) is 0 Å². The first-order chi connectivity index (χ1) is 7.38. The molecule has 0 spiro atoms. The molecule has 1 fully saturated rings. The third-order valence-corrected chi connectivity index (χ3v) is 2.48. The van der Waals surface area contributed by atoms with Crippen molar-refractivity contribution in [2.45, 2.75) is 26.2 Å². The third-order valence-electron chi connectivity index (χ3n) is 2.48. The van der Waals surface area contributed by atoms with Crippen LogP contribution < -0.4 is 4.90 Å². The maximum Gasteiger partial charge on any atom is 0.0366 e. The monoisotopic (exact) mass is 203 g/mol. The van der Waals surface area contributed by atoms with Gasteiger partial charge in [0.2, 0.25) is 0 Å². The lowest BCUT2D eigenvalue weighted by molar-refractivity contribution is 0.578. The summed E-state index contributed by atoms with van der Waals surface area (Å²) in [6.07, 6.45) is 5.87. The minimum absolute atomic E-state index is 1.24. The summed E-state index contributed by atoms with van der Waals surface area (Å²) < 4.78 is 0. The van der Waals surface area contributed by atoms with Gasteiger partial charge in [-0.1, -0.05) is 24.3 Å². The van der Waals surface area contributed by atoms with Crippen molar-refractivity contribution >= 4 is 5.69 Å². The van der Waals surface area contributed by atoms with Gasteiger partial charge < -0.3 is 4.90 Å². The third kappa shape index (κ3) is 4.20. The van der Waals surface area contributed by atoms with Crippen LogP contribution in [-0.4, -0.2) is 13.1 Å². The molecule has 2 rings (SSSR count). The second-order valence-electron chi connectivity index (χ2n) is 3.79. The summed E-state index contributed by atoms with van der Waals surface area (Å²) in [6, 6.07) is 10.7. The predicted octanol–water partition coefficient (Wildman–Crippen LogP) is 3.87. The standard InChI is InChI=1S/C11H15N.C3H6/c1-3-7-11(8-4-1)12-9-5-2-6-10-12;1-3-2/h1,3-4,7-8H,2,5-6,9-10H2;3H,1H2,2H3. The van der Waals surface area contributed by atoms with Crippen molar-refractivity contribution in [2.75, 3.05) is 18.0 Å². The SMILES string of the molecule is C=CC.c1ccc(N2CCCCC2)cc1. The van der Waals surface area contributed by atoms with E-state index in [1.807, 2.05) is 6.92 Å². The second-order valence-corrected chi connectivity index (χ2v) is 3.79. The quantitative estimate of drug-likeness (QED) is 0.626. The van der Waals surface area contributed by atoms with Gasteiger partial charge in [0.15, 0.2) is 0 Å². The first-order valence-electron chi connectivity index (χ1n) is 5.75. The maximum absolute atomic E-state index is 3.36. The Morgan fingerprint density at radius 1 is 1.07 bits per heavy atom. The lowest BCUT2D eigenvalue weighted by Gasteiger charge is -2.28. The fourth-order valence-electron chi connectivity index (χ4n) is 1.79. The zero-order valence-corrected chi connectivity index (χ0v) is 9.65. The normalized spacial score (nSPS) is 15.1. The molecule has 0 aromatic heterocycles. The molecule has 1 aromatic rings. The van der Waals surface area contributed by atoms with E-state index in [1.54, 1.807) is 6.08 Å². The van der Waals surface area contributed by atoms with Gasteiger partial charge in [0.25, 0.3) is 0 Å². The molecule has 0 saturated carbocycles. The van der Waals surface area contributed by atoms with Crippen LogP contribution in [0.1, 0.15) is 26.2 Å². The first kappa shape index (κ1) is 11.8. The van der Waals surface area contributed by atoms with Gasteiger partial charge in [0, 0.05) is 18.8 Å². The van der Waals surface area contributed by atoms with Gasteiger partial charge in [-0.15, -0.1) is 6.58 Å². The Balaban J connectivity index is 0.000000337. The number of para-hydroxylation sites is 1. The Hall–Kier alpha value is -1.24. The molecular formula is C14H21N. The van der Waals surface area contributed by atoms with Crippen LogP contribution in [0, 0.1) is 0 Å². The molecule has 1 nitrogen and oxygen atoms in total. The van der Waals surface area contributed by atoms with Crippen LogP contribution in [0.5, 0.6) is 0 Å². The van der Waals surface area contributed by atoms with E-state index in [1.165, 1.54) is 38.0 Å². The molecular weight excluding hydrogens is 182 g/mol. The van der Waals surface area contributed by atoms with Crippen molar-refractivity contribution in [1.29, 1.82) is 0 Å². The van der Waals surface area contributed by atoms with Crippen LogP contribution in [-0.2, 0) is 0 Å². The highest BCUT2D eigenvalue weighted by Crippen LogP contribution is 2.18. The van der Waals surface area contributed by atoms with E-state index in [0.717, 1.165) is 0 Å². The van der Waals surface area contributed by atoms with Crippen LogP contribution >= 0.6 is 0 Å². The number of allylic oxidation sites excluding steroid dienone is 1. The van der Waals surface area contributed by atoms with Crippen LogP contribution in [0.15, 0.2) is 43.0 Å². The Labute approximate surface area is 93.4 Å². The average molecular weight is 203 g/mol. The average Bonchev–Trinajstić information content (AvgIpc) is 2.32. The topological polar surface area (TPSA) is 3.24 Å². The van der Waals surface area contributed by atoms with E-state index in [2.05, 4.69) is 41.8 Å². The van der Waals surface area contributed by atoms with Crippen LogP contribution in [0.3, 0.4) is 0 Å². The lowest BCUT2D eigenvalue weighted by atomic mass is 10.1. The maximum atomic E-state index is 3.36. The van der Waals surface area contributed by atoms with Crippen molar-refractivity contribution in [1.82, 2.24) is 0 Å². The summed E-state index contributed by atoms with van der Waals surface area (Å²) in [5.74, 6) is 0. The molecule has 1 heterocycles. The van der Waals surface area contributed by atoms with Crippen molar-refractivity contribution in [2.24, 2.45) is 0 Å². The van der Waals surface area contributed by atoms with Crippen molar-refractivity contribution in [3.05, 3.63) is 43.0 Å². The number of hydrogen-bond donors (Lipinski definition) is 0. The number of hydrogen-bond acceptors (Lipinski definition) is 1. The second kappa shape index (κ2) is 7.10. The number of anilines is 1. The molecule has 0 N–H and O–H groups in total. The van der Waals surface area contributed by atoms with Crippen molar-refractivity contribution in [3.63, 3.8) is 0 Å². The number of nitrogens with zero attached hydrogens (tertiary/aromatic N) is 1. The van der Waals surface area contributed by atoms with Gasteiger partial charge in [-0.3, -0.25) is 0 Å². The van der Waals surface area contributed by atoms with E-state index < -0.39 is 0 Å². The highest BCUT2D eigenvalue weighted by atomic mass is 15.1. The summed E-state index contributed by atoms with van der Waals surface area (Å²) >= 11 is 0. The fraction of sp³-hybridized carbons (Fsp3) is 0.429. The number of rotatable bonds is 1. The van der Waals surface area contributed by atoms with Gasteiger partial charge in [0.05, 0.1) is 0 Å². The molecule has 0 aliphatic carbocycles. The zero-order chi connectivity index (χ0) is 10.9. The van der Waals surface area contributed by atoms with Crippen LogP contribution in [0.4, 0.5) is 5.69 Å². The van der Waals surface area contributed by atoms with E-state index in [0.29, 0.717) is 0 Å². The zero-order valence-electron chi connectivity index (χ0n) is 9.65. The van der Waals surface area contributed by atoms with Crippen LogP contribution in [0.2, 0.25) is 0 Å². The lowest BCUT2D eigenvalue weighted by Crippen LogP contribution is -2.29. The molecule has 0 amide bonds. The molecule has 1 heteroatoms. The minimum atomic E-state index is 1.24. The summed E-state index contributed by atoms with van der Waals surface area (Å²) in [5.41, 5.74) is 1.39. The van der Waals surface area contributed by atoms with Gasteiger partial charge in [-0.2, -0.15) is 0 Å². The van der Waals surface area contributed by atoms with Gasteiger partial charge in [-0.05, 0) is 38.3 Å². The van der Waals surface area contributed by atoms with Crippen molar-refractivity contribution < 1.29 is 0 Å². The molecule has 0 radical (unpaired) electrons. The summed E-state index contributed by atoms with van der Waals surface area (Å²) in [7, 11) is 0. The first-order valence-corrected chi connectivity index (χ1v) is 5.75. The van der Waals surface area contributed by atoms with Gasteiger partial charge in [0.1, 0.15) is 0 Å². The molecule has 1 aromatic carbocycles. The van der Waals surface area contributed by atoms with E-state index in [4.69, 9.17) is 0 Å². The van der Waals surface area contributed by atoms with Gasteiger partial charge >= 0.3 is 0 Å². The number of benzene rings is 1. The Morgan fingerprint density at radius 2 is 1.60 bits per heavy atom. The molecule has 0 bridgehead atoms. The Kier molecular flexibility index (Phi) is 5.60. The molecule has 0 atom stereocenters. The van der Waals surface area contributed by atoms with Gasteiger partial charge in [-0.25, -0.2) is 0 Å². The predicted molar refractivity (Wildman–Crippen MR) is 68.4 cm³/mol. The molecule has 82 valence electrons. The van der Waals surface area contributed by atoms with E-state index in [-0.39, 0.29) is 0 Å². The molecule has 1 saturated heterocycles. The molecule has 1 aliphatic rings. The summed E-state index contributed by atoms with van der Waals surface area (Å²) in [5, 5.41) is 0. The summed E-state index contributed by atoms with van der Waals surface area (Å²) in [4.78, 5) is 2.48. The highest BCUT2D eigenvalue weighted by Gasteiger charge is 2.09. The number of piperidine rings is 1. The smallest absolute Gasteiger partial charge is 0.0366 e.